The average molecular weight is 360 g/mol. The Morgan fingerprint density at radius 3 is 2.37 bits per heavy atom. The van der Waals surface area contributed by atoms with Crippen molar-refractivity contribution in [2.24, 2.45) is 0 Å². The van der Waals surface area contributed by atoms with Crippen molar-refractivity contribution in [1.82, 2.24) is 9.97 Å². The van der Waals surface area contributed by atoms with Gasteiger partial charge in [0, 0.05) is 41.9 Å². The van der Waals surface area contributed by atoms with Crippen LogP contribution < -0.4 is 14.2 Å². The number of nitrogens with zero attached hydrogens (tertiary/aromatic N) is 2. The summed E-state index contributed by atoms with van der Waals surface area (Å²) in [7, 11) is 4.94. The van der Waals surface area contributed by atoms with Gasteiger partial charge in [-0.05, 0) is 46.8 Å². The van der Waals surface area contributed by atoms with Gasteiger partial charge in [-0.1, -0.05) is 0 Å². The van der Waals surface area contributed by atoms with Crippen molar-refractivity contribution in [3.63, 3.8) is 0 Å². The Kier molecular flexibility index (Phi) is 4.50. The highest BCUT2D eigenvalue weighted by molar-refractivity contribution is 5.88. The van der Waals surface area contributed by atoms with Crippen LogP contribution in [0.25, 0.3) is 21.7 Å². The van der Waals surface area contributed by atoms with Crippen molar-refractivity contribution in [2.75, 3.05) is 21.3 Å². The van der Waals surface area contributed by atoms with Gasteiger partial charge in [0.15, 0.2) is 11.5 Å². The summed E-state index contributed by atoms with van der Waals surface area (Å²) in [5.41, 5.74) is 3.15. The number of hydrogen-bond donors (Lipinski definition) is 0. The second kappa shape index (κ2) is 7.11. The van der Waals surface area contributed by atoms with Gasteiger partial charge >= 0.3 is 0 Å². The molecule has 5 nitrogen and oxygen atoms in total. The van der Waals surface area contributed by atoms with Crippen molar-refractivity contribution in [3.8, 4) is 17.2 Å². The third kappa shape index (κ3) is 3.24. The first-order valence-corrected chi connectivity index (χ1v) is 8.63. The van der Waals surface area contributed by atoms with E-state index < -0.39 is 0 Å². The molecule has 136 valence electrons. The molecule has 27 heavy (non-hydrogen) atoms. The third-order valence-corrected chi connectivity index (χ3v) is 4.69. The fraction of sp³-hybridized carbons (Fsp3) is 0.182. The summed E-state index contributed by atoms with van der Waals surface area (Å²) in [5.74, 6) is 2.22. The number of hydrogen-bond acceptors (Lipinski definition) is 5. The lowest BCUT2D eigenvalue weighted by Gasteiger charge is -2.12. The Morgan fingerprint density at radius 1 is 0.778 bits per heavy atom. The Bertz CT molecular complexity index is 1130. The number of fused-ring (bicyclic) bond motifs is 2. The Morgan fingerprint density at radius 2 is 1.59 bits per heavy atom. The molecule has 2 aromatic heterocycles. The normalized spacial score (nSPS) is 10.9. The van der Waals surface area contributed by atoms with Gasteiger partial charge in [-0.15, -0.1) is 0 Å². The van der Waals surface area contributed by atoms with Gasteiger partial charge in [0.25, 0.3) is 0 Å². The van der Waals surface area contributed by atoms with Gasteiger partial charge in [0.2, 0.25) is 0 Å². The standard InChI is InChI=1S/C22H20N2O3/c1-25-18-5-4-15-6-14(11-24-20(15)9-18)7-16-12-23-13-17-8-21(26-2)22(27-3)10-19(16)17/h4-6,8-13H,7H2,1-3H3. The lowest BCUT2D eigenvalue weighted by atomic mass is 10.0. The molecule has 0 aliphatic carbocycles. The van der Waals surface area contributed by atoms with Crippen LogP contribution in [0.15, 0.2) is 55.0 Å². The summed E-state index contributed by atoms with van der Waals surface area (Å²) in [4.78, 5) is 8.97. The van der Waals surface area contributed by atoms with E-state index in [1.807, 2.05) is 48.9 Å². The Balaban J connectivity index is 1.75. The van der Waals surface area contributed by atoms with Gasteiger partial charge in [0.1, 0.15) is 5.75 Å². The molecule has 0 saturated carbocycles. The molecule has 0 aliphatic heterocycles. The van der Waals surface area contributed by atoms with Crippen molar-refractivity contribution < 1.29 is 14.2 Å². The molecule has 2 aromatic carbocycles. The van der Waals surface area contributed by atoms with Crippen LogP contribution >= 0.6 is 0 Å². The first kappa shape index (κ1) is 17.1. The molecule has 0 radical (unpaired) electrons. The predicted octanol–water partition coefficient (Wildman–Crippen LogP) is 4.40. The molecule has 4 aromatic rings. The molecule has 5 heteroatoms. The van der Waals surface area contributed by atoms with E-state index in [2.05, 4.69) is 16.0 Å². The van der Waals surface area contributed by atoms with Gasteiger partial charge in [0.05, 0.1) is 26.8 Å². The van der Waals surface area contributed by atoms with E-state index in [4.69, 9.17) is 14.2 Å². The fourth-order valence-corrected chi connectivity index (χ4v) is 3.29. The molecule has 0 amide bonds. The Hall–Kier alpha value is -3.34. The van der Waals surface area contributed by atoms with Crippen LogP contribution in [0.1, 0.15) is 11.1 Å². The predicted molar refractivity (Wildman–Crippen MR) is 106 cm³/mol. The summed E-state index contributed by atoms with van der Waals surface area (Å²) in [6, 6.07) is 12.0. The van der Waals surface area contributed by atoms with E-state index in [-0.39, 0.29) is 0 Å². The number of benzene rings is 2. The van der Waals surface area contributed by atoms with Gasteiger partial charge in [-0.25, -0.2) is 0 Å². The first-order valence-electron chi connectivity index (χ1n) is 8.63. The SMILES string of the molecule is COc1ccc2cc(Cc3cncc4cc(OC)c(OC)cc34)cnc2c1. The van der Waals surface area contributed by atoms with Crippen molar-refractivity contribution in [1.29, 1.82) is 0 Å². The summed E-state index contributed by atoms with van der Waals surface area (Å²) in [5, 5.41) is 3.20. The Labute approximate surface area is 157 Å². The monoisotopic (exact) mass is 360 g/mol. The van der Waals surface area contributed by atoms with E-state index in [1.54, 1.807) is 21.3 Å². The lowest BCUT2D eigenvalue weighted by molar-refractivity contribution is 0.356. The molecule has 0 saturated heterocycles. The van der Waals surface area contributed by atoms with Crippen molar-refractivity contribution in [2.45, 2.75) is 6.42 Å². The zero-order valence-electron chi connectivity index (χ0n) is 15.5. The highest BCUT2D eigenvalue weighted by Gasteiger charge is 2.10. The molecule has 0 fully saturated rings. The first-order chi connectivity index (χ1) is 13.2. The minimum atomic E-state index is 0.699. The van der Waals surface area contributed by atoms with E-state index in [9.17, 15) is 0 Å². The summed E-state index contributed by atoms with van der Waals surface area (Å²) in [6.45, 7) is 0. The van der Waals surface area contributed by atoms with Crippen molar-refractivity contribution in [3.05, 3.63) is 66.1 Å². The zero-order chi connectivity index (χ0) is 18.8. The van der Waals surface area contributed by atoms with Crippen LogP contribution in [-0.2, 0) is 6.42 Å². The average Bonchev–Trinajstić information content (AvgIpc) is 2.72. The number of methoxy groups -OCH3 is 3. The topological polar surface area (TPSA) is 53.5 Å². The minimum Gasteiger partial charge on any atom is -0.497 e. The van der Waals surface area contributed by atoms with Gasteiger partial charge in [-0.2, -0.15) is 0 Å². The molecule has 0 unspecified atom stereocenters. The summed E-state index contributed by atoms with van der Waals surface area (Å²) >= 11 is 0. The van der Waals surface area contributed by atoms with Crippen LogP contribution in [0.4, 0.5) is 0 Å². The summed E-state index contributed by atoms with van der Waals surface area (Å²) < 4.78 is 16.1. The molecule has 0 spiro atoms. The van der Waals surface area contributed by atoms with E-state index in [0.717, 1.165) is 45.0 Å². The second-order valence-corrected chi connectivity index (χ2v) is 6.31. The van der Waals surface area contributed by atoms with Crippen LogP contribution in [0, 0.1) is 0 Å². The second-order valence-electron chi connectivity index (χ2n) is 6.31. The summed E-state index contributed by atoms with van der Waals surface area (Å²) in [6.07, 6.45) is 6.37. The quantitative estimate of drug-likeness (QED) is 0.528. The van der Waals surface area contributed by atoms with Crippen LogP contribution in [0.5, 0.6) is 17.2 Å². The third-order valence-electron chi connectivity index (χ3n) is 4.69. The molecular weight excluding hydrogens is 340 g/mol. The molecule has 0 N–H and O–H groups in total. The van der Waals surface area contributed by atoms with Crippen LogP contribution in [0.3, 0.4) is 0 Å². The molecule has 4 rings (SSSR count). The minimum absolute atomic E-state index is 0.699. The fourth-order valence-electron chi connectivity index (χ4n) is 3.29. The van der Waals surface area contributed by atoms with Crippen LogP contribution in [0.2, 0.25) is 0 Å². The largest absolute Gasteiger partial charge is 0.497 e. The van der Waals surface area contributed by atoms with Crippen LogP contribution in [-0.4, -0.2) is 31.3 Å². The van der Waals surface area contributed by atoms with Gasteiger partial charge < -0.3 is 14.2 Å². The van der Waals surface area contributed by atoms with E-state index in [1.165, 1.54) is 0 Å². The molecule has 0 aliphatic rings. The highest BCUT2D eigenvalue weighted by atomic mass is 16.5. The van der Waals surface area contributed by atoms with Gasteiger partial charge in [-0.3, -0.25) is 9.97 Å². The number of aromatic nitrogens is 2. The number of rotatable bonds is 5. The maximum Gasteiger partial charge on any atom is 0.161 e. The molecular formula is C22H20N2O3. The molecule has 0 bridgehead atoms. The van der Waals surface area contributed by atoms with E-state index in [0.29, 0.717) is 11.5 Å². The number of ether oxygens (including phenoxy) is 3. The molecule has 2 heterocycles. The van der Waals surface area contributed by atoms with Crippen molar-refractivity contribution >= 4 is 21.7 Å². The zero-order valence-corrected chi connectivity index (χ0v) is 15.5. The maximum absolute atomic E-state index is 5.46. The maximum atomic E-state index is 5.46. The molecule has 0 atom stereocenters. The highest BCUT2D eigenvalue weighted by Crippen LogP contribution is 2.34. The number of pyridine rings is 2. The smallest absolute Gasteiger partial charge is 0.161 e. The lowest BCUT2D eigenvalue weighted by Crippen LogP contribution is -1.96. The van der Waals surface area contributed by atoms with E-state index >= 15 is 0 Å².